The molecule has 2 aromatic carbocycles. The number of amides is 2. The van der Waals surface area contributed by atoms with E-state index in [0.29, 0.717) is 23.5 Å². The molecule has 3 aromatic rings. The van der Waals surface area contributed by atoms with Gasteiger partial charge in [0.25, 0.3) is 5.91 Å². The van der Waals surface area contributed by atoms with Gasteiger partial charge in [0, 0.05) is 23.5 Å². The highest BCUT2D eigenvalue weighted by Gasteiger charge is 2.23. The molecule has 6 nitrogen and oxygen atoms in total. The van der Waals surface area contributed by atoms with Gasteiger partial charge in [0.2, 0.25) is 5.91 Å². The van der Waals surface area contributed by atoms with Crippen molar-refractivity contribution in [1.82, 2.24) is 9.78 Å². The number of benzene rings is 2. The molecule has 0 aliphatic carbocycles. The SMILES string of the molecule is CC(C)(C)C(=O)Nc1ccccc1C(=O)Nc1cccc(Cn2cccn2)c1. The van der Waals surface area contributed by atoms with Gasteiger partial charge >= 0.3 is 0 Å². The number of nitrogens with zero attached hydrogens (tertiary/aromatic N) is 2. The van der Waals surface area contributed by atoms with Crippen molar-refractivity contribution in [2.75, 3.05) is 10.6 Å². The lowest BCUT2D eigenvalue weighted by atomic mass is 9.95. The number of nitrogens with one attached hydrogen (secondary N) is 2. The maximum Gasteiger partial charge on any atom is 0.257 e. The van der Waals surface area contributed by atoms with Crippen molar-refractivity contribution in [3.05, 3.63) is 78.1 Å². The zero-order valence-corrected chi connectivity index (χ0v) is 16.3. The lowest BCUT2D eigenvalue weighted by Crippen LogP contribution is -2.28. The van der Waals surface area contributed by atoms with Crippen molar-refractivity contribution >= 4 is 23.2 Å². The highest BCUT2D eigenvalue weighted by Crippen LogP contribution is 2.22. The summed E-state index contributed by atoms with van der Waals surface area (Å²) in [6.07, 6.45) is 3.62. The second-order valence-electron chi connectivity index (χ2n) is 7.61. The summed E-state index contributed by atoms with van der Waals surface area (Å²) in [7, 11) is 0. The second-order valence-corrected chi connectivity index (χ2v) is 7.61. The van der Waals surface area contributed by atoms with E-state index >= 15 is 0 Å². The van der Waals surface area contributed by atoms with Gasteiger partial charge in [-0.2, -0.15) is 5.10 Å². The van der Waals surface area contributed by atoms with Crippen LogP contribution in [0.5, 0.6) is 0 Å². The molecule has 0 saturated carbocycles. The Morgan fingerprint density at radius 3 is 2.50 bits per heavy atom. The Hall–Kier alpha value is -3.41. The highest BCUT2D eigenvalue weighted by atomic mass is 16.2. The Morgan fingerprint density at radius 1 is 1.00 bits per heavy atom. The van der Waals surface area contributed by atoms with E-state index in [2.05, 4.69) is 15.7 Å². The third kappa shape index (κ3) is 4.85. The van der Waals surface area contributed by atoms with E-state index in [0.717, 1.165) is 5.56 Å². The van der Waals surface area contributed by atoms with Crippen LogP contribution < -0.4 is 10.6 Å². The average Bonchev–Trinajstić information content (AvgIpc) is 3.14. The third-order valence-electron chi connectivity index (χ3n) is 4.19. The zero-order valence-electron chi connectivity index (χ0n) is 16.3. The molecule has 2 amide bonds. The largest absolute Gasteiger partial charge is 0.325 e. The summed E-state index contributed by atoms with van der Waals surface area (Å²) in [6, 6.07) is 16.5. The number of hydrogen-bond donors (Lipinski definition) is 2. The molecule has 0 radical (unpaired) electrons. The molecule has 0 fully saturated rings. The number of para-hydroxylation sites is 1. The second kappa shape index (κ2) is 8.08. The van der Waals surface area contributed by atoms with Crippen LogP contribution in [0, 0.1) is 5.41 Å². The van der Waals surface area contributed by atoms with Crippen LogP contribution in [0.1, 0.15) is 36.7 Å². The standard InChI is InChI=1S/C22H24N4O2/c1-22(2,3)21(28)25-19-11-5-4-10-18(19)20(27)24-17-9-6-8-16(14-17)15-26-13-7-12-23-26/h4-14H,15H2,1-3H3,(H,24,27)(H,25,28). The smallest absolute Gasteiger partial charge is 0.257 e. The molecule has 3 rings (SSSR count). The summed E-state index contributed by atoms with van der Waals surface area (Å²) in [4.78, 5) is 25.1. The van der Waals surface area contributed by atoms with E-state index in [-0.39, 0.29) is 11.8 Å². The first-order chi connectivity index (χ1) is 13.3. The van der Waals surface area contributed by atoms with E-state index in [1.54, 1.807) is 30.5 Å². The monoisotopic (exact) mass is 376 g/mol. The van der Waals surface area contributed by atoms with Gasteiger partial charge in [-0.1, -0.05) is 45.0 Å². The van der Waals surface area contributed by atoms with Gasteiger partial charge in [0.1, 0.15) is 0 Å². The van der Waals surface area contributed by atoms with Crippen molar-refractivity contribution < 1.29 is 9.59 Å². The Morgan fingerprint density at radius 2 is 1.79 bits per heavy atom. The van der Waals surface area contributed by atoms with Crippen molar-refractivity contribution in [2.24, 2.45) is 5.41 Å². The number of aromatic nitrogens is 2. The number of hydrogen-bond acceptors (Lipinski definition) is 3. The quantitative estimate of drug-likeness (QED) is 0.702. The van der Waals surface area contributed by atoms with Crippen LogP contribution in [-0.2, 0) is 11.3 Å². The molecule has 144 valence electrons. The third-order valence-corrected chi connectivity index (χ3v) is 4.19. The van der Waals surface area contributed by atoms with Gasteiger partial charge < -0.3 is 10.6 Å². The van der Waals surface area contributed by atoms with Crippen molar-refractivity contribution in [1.29, 1.82) is 0 Å². The summed E-state index contributed by atoms with van der Waals surface area (Å²) in [5.41, 5.74) is 2.07. The Kier molecular flexibility index (Phi) is 5.59. The molecule has 1 heterocycles. The van der Waals surface area contributed by atoms with Gasteiger partial charge in [-0.25, -0.2) is 0 Å². The molecule has 0 bridgehead atoms. The van der Waals surface area contributed by atoms with Crippen LogP contribution >= 0.6 is 0 Å². The predicted molar refractivity (Wildman–Crippen MR) is 110 cm³/mol. The van der Waals surface area contributed by atoms with Gasteiger partial charge in [-0.05, 0) is 35.9 Å². The van der Waals surface area contributed by atoms with Gasteiger partial charge in [0.15, 0.2) is 0 Å². The number of anilines is 2. The van der Waals surface area contributed by atoms with E-state index < -0.39 is 5.41 Å². The van der Waals surface area contributed by atoms with Crippen LogP contribution in [0.25, 0.3) is 0 Å². The summed E-state index contributed by atoms with van der Waals surface area (Å²) in [6.45, 7) is 6.11. The molecule has 6 heteroatoms. The fourth-order valence-corrected chi connectivity index (χ4v) is 2.63. The molecule has 28 heavy (non-hydrogen) atoms. The molecule has 0 spiro atoms. The molecule has 2 N–H and O–H groups in total. The molecular weight excluding hydrogens is 352 g/mol. The molecular formula is C22H24N4O2. The average molecular weight is 376 g/mol. The summed E-state index contributed by atoms with van der Waals surface area (Å²) < 4.78 is 1.82. The molecule has 0 aliphatic heterocycles. The number of rotatable bonds is 5. The van der Waals surface area contributed by atoms with Crippen molar-refractivity contribution in [3.63, 3.8) is 0 Å². The van der Waals surface area contributed by atoms with E-state index in [9.17, 15) is 9.59 Å². The maximum atomic E-state index is 12.8. The Labute approximate surface area is 164 Å². The van der Waals surface area contributed by atoms with Crippen molar-refractivity contribution in [2.45, 2.75) is 27.3 Å². The topological polar surface area (TPSA) is 76.0 Å². The van der Waals surface area contributed by atoms with Crippen LogP contribution in [0.4, 0.5) is 11.4 Å². The fourth-order valence-electron chi connectivity index (χ4n) is 2.63. The fraction of sp³-hybridized carbons (Fsp3) is 0.227. The highest BCUT2D eigenvalue weighted by molar-refractivity contribution is 6.10. The van der Waals surface area contributed by atoms with Gasteiger partial charge in [-0.3, -0.25) is 14.3 Å². The Bertz CT molecular complexity index is 972. The zero-order chi connectivity index (χ0) is 20.1. The molecule has 1 aromatic heterocycles. The van der Waals surface area contributed by atoms with Gasteiger partial charge in [-0.15, -0.1) is 0 Å². The molecule has 0 aliphatic rings. The Balaban J connectivity index is 1.76. The predicted octanol–water partition coefficient (Wildman–Crippen LogP) is 4.17. The maximum absolute atomic E-state index is 12.8. The minimum Gasteiger partial charge on any atom is -0.325 e. The van der Waals surface area contributed by atoms with E-state index in [1.807, 2.05) is 62.0 Å². The van der Waals surface area contributed by atoms with Crippen LogP contribution in [0.2, 0.25) is 0 Å². The van der Waals surface area contributed by atoms with Crippen LogP contribution in [-0.4, -0.2) is 21.6 Å². The lowest BCUT2D eigenvalue weighted by molar-refractivity contribution is -0.123. The minimum absolute atomic E-state index is 0.144. The van der Waals surface area contributed by atoms with Crippen LogP contribution in [0.15, 0.2) is 67.0 Å². The summed E-state index contributed by atoms with van der Waals surface area (Å²) >= 11 is 0. The molecule has 0 atom stereocenters. The normalized spacial score (nSPS) is 11.1. The first kappa shape index (κ1) is 19.4. The molecule has 0 unspecified atom stereocenters. The number of carbonyl (C=O) groups excluding carboxylic acids is 2. The lowest BCUT2D eigenvalue weighted by Gasteiger charge is -2.19. The van der Waals surface area contributed by atoms with E-state index in [1.165, 1.54) is 0 Å². The van der Waals surface area contributed by atoms with Crippen LogP contribution in [0.3, 0.4) is 0 Å². The van der Waals surface area contributed by atoms with Gasteiger partial charge in [0.05, 0.1) is 17.8 Å². The summed E-state index contributed by atoms with van der Waals surface area (Å²) in [5, 5.41) is 9.96. The summed E-state index contributed by atoms with van der Waals surface area (Å²) in [5.74, 6) is -0.421. The minimum atomic E-state index is -0.551. The first-order valence-corrected chi connectivity index (χ1v) is 9.11. The molecule has 0 saturated heterocycles. The first-order valence-electron chi connectivity index (χ1n) is 9.11. The van der Waals surface area contributed by atoms with E-state index in [4.69, 9.17) is 0 Å². The number of carbonyl (C=O) groups is 2. The van der Waals surface area contributed by atoms with Crippen molar-refractivity contribution in [3.8, 4) is 0 Å².